The van der Waals surface area contributed by atoms with Crippen molar-refractivity contribution in [2.24, 2.45) is 0 Å². The minimum absolute atomic E-state index is 0.340. The molecular formula is C15H12INO. The predicted molar refractivity (Wildman–Crippen MR) is 81.9 cm³/mol. The van der Waals surface area contributed by atoms with Crippen LogP contribution in [0, 0.1) is 3.57 Å². The van der Waals surface area contributed by atoms with Crippen molar-refractivity contribution < 1.29 is 5.11 Å². The third-order valence-electron chi connectivity index (χ3n) is 3.05. The summed E-state index contributed by atoms with van der Waals surface area (Å²) >= 11 is 2.29. The van der Waals surface area contributed by atoms with Crippen LogP contribution in [0.3, 0.4) is 0 Å². The SMILES string of the molecule is Oc1c2cccc(I)c2cn1Cc1ccccc1. The average Bonchev–Trinajstić information content (AvgIpc) is 2.70. The second-order valence-electron chi connectivity index (χ2n) is 4.27. The highest BCUT2D eigenvalue weighted by Crippen LogP contribution is 2.30. The molecule has 3 heteroatoms. The maximum Gasteiger partial charge on any atom is 0.199 e. The van der Waals surface area contributed by atoms with Gasteiger partial charge in [0.1, 0.15) is 0 Å². The van der Waals surface area contributed by atoms with Gasteiger partial charge in [0.25, 0.3) is 0 Å². The second kappa shape index (κ2) is 4.65. The minimum atomic E-state index is 0.340. The third kappa shape index (κ3) is 1.99. The van der Waals surface area contributed by atoms with Gasteiger partial charge in [-0.2, -0.15) is 0 Å². The lowest BCUT2D eigenvalue weighted by Gasteiger charge is -2.04. The Morgan fingerprint density at radius 3 is 2.44 bits per heavy atom. The number of hydrogen-bond donors (Lipinski definition) is 1. The number of rotatable bonds is 2. The largest absolute Gasteiger partial charge is 0.494 e. The molecule has 0 saturated heterocycles. The monoisotopic (exact) mass is 349 g/mol. The van der Waals surface area contributed by atoms with Crippen LogP contribution in [-0.4, -0.2) is 9.67 Å². The number of aromatic nitrogens is 1. The van der Waals surface area contributed by atoms with Gasteiger partial charge in [-0.15, -0.1) is 0 Å². The van der Waals surface area contributed by atoms with E-state index in [-0.39, 0.29) is 0 Å². The quantitative estimate of drug-likeness (QED) is 0.695. The van der Waals surface area contributed by atoms with Gasteiger partial charge >= 0.3 is 0 Å². The number of hydrogen-bond acceptors (Lipinski definition) is 1. The molecule has 1 aromatic heterocycles. The Hall–Kier alpha value is -1.49. The van der Waals surface area contributed by atoms with E-state index in [2.05, 4.69) is 40.8 Å². The smallest absolute Gasteiger partial charge is 0.199 e. The molecule has 1 N–H and O–H groups in total. The summed E-state index contributed by atoms with van der Waals surface area (Å²) in [6.45, 7) is 0.692. The number of aromatic hydroxyl groups is 1. The van der Waals surface area contributed by atoms with Gasteiger partial charge in [0.2, 0.25) is 0 Å². The lowest BCUT2D eigenvalue weighted by atomic mass is 10.2. The summed E-state index contributed by atoms with van der Waals surface area (Å²) in [5.74, 6) is 0.340. The van der Waals surface area contributed by atoms with E-state index in [1.165, 1.54) is 5.56 Å². The molecule has 3 rings (SSSR count). The van der Waals surface area contributed by atoms with Gasteiger partial charge in [0.05, 0.1) is 6.54 Å². The molecule has 0 unspecified atom stereocenters. The molecule has 0 aliphatic heterocycles. The third-order valence-corrected chi connectivity index (χ3v) is 3.99. The van der Waals surface area contributed by atoms with Crippen LogP contribution in [-0.2, 0) is 6.54 Å². The Balaban J connectivity index is 2.08. The molecule has 3 aromatic rings. The standard InChI is InChI=1S/C15H12INO/c16-14-8-4-7-12-13(14)10-17(15(12)18)9-11-5-2-1-3-6-11/h1-8,10,18H,9H2. The van der Waals surface area contributed by atoms with Crippen molar-refractivity contribution in [3.8, 4) is 5.88 Å². The molecule has 0 spiro atoms. The molecule has 2 nitrogen and oxygen atoms in total. The highest BCUT2D eigenvalue weighted by Gasteiger charge is 2.09. The first-order chi connectivity index (χ1) is 8.75. The van der Waals surface area contributed by atoms with Crippen molar-refractivity contribution in [3.63, 3.8) is 0 Å². The van der Waals surface area contributed by atoms with E-state index in [9.17, 15) is 5.11 Å². The van der Waals surface area contributed by atoms with Crippen LogP contribution < -0.4 is 0 Å². The van der Waals surface area contributed by atoms with Gasteiger partial charge in [0, 0.05) is 20.5 Å². The number of benzene rings is 2. The van der Waals surface area contributed by atoms with E-state index in [1.54, 1.807) is 0 Å². The van der Waals surface area contributed by atoms with Crippen LogP contribution >= 0.6 is 22.6 Å². The van der Waals surface area contributed by atoms with Crippen molar-refractivity contribution in [3.05, 3.63) is 63.9 Å². The van der Waals surface area contributed by atoms with Gasteiger partial charge in [-0.3, -0.25) is 0 Å². The topological polar surface area (TPSA) is 25.2 Å². The van der Waals surface area contributed by atoms with Crippen LogP contribution in [0.5, 0.6) is 5.88 Å². The average molecular weight is 349 g/mol. The molecule has 90 valence electrons. The van der Waals surface area contributed by atoms with E-state index in [0.29, 0.717) is 12.4 Å². The molecule has 0 radical (unpaired) electrons. The van der Waals surface area contributed by atoms with Crippen molar-refractivity contribution in [2.45, 2.75) is 6.54 Å². The Morgan fingerprint density at radius 2 is 1.72 bits per heavy atom. The molecule has 18 heavy (non-hydrogen) atoms. The Kier molecular flexibility index (Phi) is 2.99. The summed E-state index contributed by atoms with van der Waals surface area (Å²) in [5, 5.41) is 12.3. The van der Waals surface area contributed by atoms with Crippen LogP contribution in [0.15, 0.2) is 54.7 Å². The Bertz CT molecular complexity index is 688. The molecule has 0 bridgehead atoms. The van der Waals surface area contributed by atoms with Crippen LogP contribution in [0.1, 0.15) is 5.56 Å². The molecule has 0 atom stereocenters. The first-order valence-electron chi connectivity index (χ1n) is 5.76. The summed E-state index contributed by atoms with van der Waals surface area (Å²) in [6, 6.07) is 16.1. The summed E-state index contributed by atoms with van der Waals surface area (Å²) < 4.78 is 3.05. The normalized spacial score (nSPS) is 10.9. The fourth-order valence-electron chi connectivity index (χ4n) is 2.14. The number of halogens is 1. The highest BCUT2D eigenvalue weighted by molar-refractivity contribution is 14.1. The molecule has 0 fully saturated rings. The molecule has 0 saturated carbocycles. The Morgan fingerprint density at radius 1 is 0.944 bits per heavy atom. The van der Waals surface area contributed by atoms with Crippen molar-refractivity contribution >= 4 is 33.4 Å². The zero-order valence-corrected chi connectivity index (χ0v) is 11.8. The summed E-state index contributed by atoms with van der Waals surface area (Å²) in [4.78, 5) is 0. The van der Waals surface area contributed by atoms with Gasteiger partial charge < -0.3 is 9.67 Å². The first-order valence-corrected chi connectivity index (χ1v) is 6.84. The molecule has 0 aliphatic carbocycles. The summed E-state index contributed by atoms with van der Waals surface area (Å²) in [7, 11) is 0. The molecule has 1 heterocycles. The van der Waals surface area contributed by atoms with Gasteiger partial charge in [0.15, 0.2) is 5.88 Å². The van der Waals surface area contributed by atoms with E-state index in [4.69, 9.17) is 0 Å². The fourth-order valence-corrected chi connectivity index (χ4v) is 2.77. The fraction of sp³-hybridized carbons (Fsp3) is 0.0667. The lowest BCUT2D eigenvalue weighted by Crippen LogP contribution is -1.96. The van der Waals surface area contributed by atoms with Crippen LogP contribution in [0.25, 0.3) is 10.8 Å². The zero-order valence-electron chi connectivity index (χ0n) is 9.68. The molecule has 0 aliphatic rings. The second-order valence-corrected chi connectivity index (χ2v) is 5.43. The first kappa shape index (κ1) is 11.6. The molecule has 2 aromatic carbocycles. The van der Waals surface area contributed by atoms with Gasteiger partial charge in [-0.1, -0.05) is 36.4 Å². The van der Waals surface area contributed by atoms with E-state index >= 15 is 0 Å². The summed E-state index contributed by atoms with van der Waals surface area (Å²) in [6.07, 6.45) is 2.01. The zero-order chi connectivity index (χ0) is 12.5. The lowest BCUT2D eigenvalue weighted by molar-refractivity contribution is 0.430. The van der Waals surface area contributed by atoms with Gasteiger partial charge in [-0.25, -0.2) is 0 Å². The maximum atomic E-state index is 10.2. The summed E-state index contributed by atoms with van der Waals surface area (Å²) in [5.41, 5.74) is 1.18. The van der Waals surface area contributed by atoms with E-state index in [0.717, 1.165) is 14.3 Å². The Labute approximate surface area is 119 Å². The highest BCUT2D eigenvalue weighted by atomic mass is 127. The molecule has 0 amide bonds. The number of fused-ring (bicyclic) bond motifs is 1. The van der Waals surface area contributed by atoms with Crippen molar-refractivity contribution in [1.29, 1.82) is 0 Å². The van der Waals surface area contributed by atoms with Gasteiger partial charge in [-0.05, 0) is 40.3 Å². The van der Waals surface area contributed by atoms with Crippen molar-refractivity contribution in [1.82, 2.24) is 4.57 Å². The number of nitrogens with zero attached hydrogens (tertiary/aromatic N) is 1. The molecular weight excluding hydrogens is 337 g/mol. The minimum Gasteiger partial charge on any atom is -0.494 e. The van der Waals surface area contributed by atoms with Crippen LogP contribution in [0.4, 0.5) is 0 Å². The van der Waals surface area contributed by atoms with Crippen LogP contribution in [0.2, 0.25) is 0 Å². The predicted octanol–water partition coefficient (Wildman–Crippen LogP) is 4.00. The van der Waals surface area contributed by atoms with E-state index in [1.807, 2.05) is 41.1 Å². The maximum absolute atomic E-state index is 10.2. The van der Waals surface area contributed by atoms with Crippen molar-refractivity contribution in [2.75, 3.05) is 0 Å². The van der Waals surface area contributed by atoms with E-state index < -0.39 is 0 Å².